The average molecular weight is 638 g/mol. The molecule has 0 aliphatic carbocycles. The number of carbonyl (C=O) groups excluding carboxylic acids is 3. The fourth-order valence-electron chi connectivity index (χ4n) is 4.60. The Bertz CT molecular complexity index is 1510. The lowest BCUT2D eigenvalue weighted by Crippen LogP contribution is -2.43. The Morgan fingerprint density at radius 2 is 1.27 bits per heavy atom. The molecular weight excluding hydrogens is 603 g/mol. The third kappa shape index (κ3) is 9.62. The third-order valence-corrected chi connectivity index (χ3v) is 7.13. The zero-order valence-electron chi connectivity index (χ0n) is 24.1. The highest BCUT2D eigenvalue weighted by Gasteiger charge is 2.25. The number of alkyl halides is 2. The minimum atomic E-state index is -1.15. The molecule has 1 N–H and O–H groups in total. The Hall–Kier alpha value is -4.27. The van der Waals surface area contributed by atoms with Gasteiger partial charge in [0.1, 0.15) is 25.0 Å². The van der Waals surface area contributed by atoms with E-state index in [0.29, 0.717) is 36.0 Å². The number of fused-ring (bicyclic) bond motifs is 1. The van der Waals surface area contributed by atoms with E-state index in [1.165, 1.54) is 0 Å². The van der Waals surface area contributed by atoms with Gasteiger partial charge in [-0.2, -0.15) is 0 Å². The average Bonchev–Trinajstić information content (AvgIpc) is 3.05. The molecule has 0 fully saturated rings. The first kappa shape index (κ1) is 32.6. The van der Waals surface area contributed by atoms with Crippen LogP contribution in [0.25, 0.3) is 10.8 Å². The van der Waals surface area contributed by atoms with E-state index in [1.807, 2.05) is 91.0 Å². The van der Waals surface area contributed by atoms with E-state index in [2.05, 4.69) is 10.2 Å². The molecule has 4 aromatic rings. The summed E-state index contributed by atoms with van der Waals surface area (Å²) in [6, 6.07) is 28.3. The zero-order valence-corrected chi connectivity index (χ0v) is 25.6. The van der Waals surface area contributed by atoms with Crippen LogP contribution < -0.4 is 15.0 Å². The van der Waals surface area contributed by atoms with E-state index in [4.69, 9.17) is 37.4 Å². The summed E-state index contributed by atoms with van der Waals surface area (Å²) in [4.78, 5) is 40.8. The van der Waals surface area contributed by atoms with E-state index in [1.54, 1.807) is 6.07 Å². The largest absolute Gasteiger partial charge is 0.461 e. The molecule has 0 unspecified atom stereocenters. The fourth-order valence-corrected chi connectivity index (χ4v) is 5.01. The minimum absolute atomic E-state index is 0.0125. The number of amides is 1. The Kier molecular flexibility index (Phi) is 12.7. The molecule has 8 nitrogen and oxygen atoms in total. The van der Waals surface area contributed by atoms with Crippen LogP contribution in [-0.2, 0) is 32.3 Å². The summed E-state index contributed by atoms with van der Waals surface area (Å²) in [6.45, 7) is 1.31. The third-order valence-electron chi connectivity index (χ3n) is 6.79. The van der Waals surface area contributed by atoms with Gasteiger partial charge < -0.3 is 24.4 Å². The number of nitrogens with zero attached hydrogens (tertiary/aromatic N) is 1. The second kappa shape index (κ2) is 17.1. The molecule has 0 radical (unpaired) electrons. The maximum absolute atomic E-state index is 13.1. The molecule has 0 aliphatic rings. The quantitative estimate of drug-likeness (QED) is 0.113. The lowest BCUT2D eigenvalue weighted by Gasteiger charge is -2.25. The number of carbonyl (C=O) groups is 3. The Balaban J connectivity index is 1.45. The molecular formula is C34H34Cl2N2O6. The van der Waals surface area contributed by atoms with E-state index in [-0.39, 0.29) is 26.1 Å². The molecule has 1 amide bonds. The summed E-state index contributed by atoms with van der Waals surface area (Å²) in [7, 11) is 0. The van der Waals surface area contributed by atoms with Gasteiger partial charge in [-0.3, -0.25) is 4.79 Å². The van der Waals surface area contributed by atoms with E-state index >= 15 is 0 Å². The summed E-state index contributed by atoms with van der Waals surface area (Å²) in [6.07, 6.45) is -1.02. The number of ether oxygens (including phenoxy) is 3. The highest BCUT2D eigenvalue weighted by atomic mass is 35.5. The van der Waals surface area contributed by atoms with Crippen LogP contribution in [0.1, 0.15) is 24.0 Å². The van der Waals surface area contributed by atoms with Crippen molar-refractivity contribution in [2.75, 3.05) is 29.7 Å². The van der Waals surface area contributed by atoms with Crippen molar-refractivity contribution >= 4 is 57.7 Å². The summed E-state index contributed by atoms with van der Waals surface area (Å²) in [5.74, 6) is -0.0530. The number of esters is 2. The van der Waals surface area contributed by atoms with Crippen molar-refractivity contribution in [2.45, 2.75) is 32.1 Å². The van der Waals surface area contributed by atoms with Crippen molar-refractivity contribution in [3.63, 3.8) is 0 Å². The number of hydrogen-bond acceptors (Lipinski definition) is 7. The van der Waals surface area contributed by atoms with E-state index in [0.717, 1.165) is 22.2 Å². The first-order valence-corrected chi connectivity index (χ1v) is 15.3. The van der Waals surface area contributed by atoms with Crippen molar-refractivity contribution in [3.05, 3.63) is 108 Å². The minimum Gasteiger partial charge on any atom is -0.461 e. The number of halogens is 2. The molecule has 0 saturated heterocycles. The van der Waals surface area contributed by atoms with Crippen molar-refractivity contribution in [2.24, 2.45) is 0 Å². The van der Waals surface area contributed by atoms with Gasteiger partial charge in [0.2, 0.25) is 0 Å². The van der Waals surface area contributed by atoms with Gasteiger partial charge in [-0.25, -0.2) is 9.59 Å². The van der Waals surface area contributed by atoms with Gasteiger partial charge in [0.15, 0.2) is 0 Å². The summed E-state index contributed by atoms with van der Waals surface area (Å²) in [5, 5.41) is 4.14. The number of anilines is 1. The van der Waals surface area contributed by atoms with Gasteiger partial charge in [0, 0.05) is 47.7 Å². The highest BCUT2D eigenvalue weighted by Crippen LogP contribution is 2.34. The monoisotopic (exact) mass is 636 g/mol. The van der Waals surface area contributed by atoms with Crippen molar-refractivity contribution in [1.29, 1.82) is 0 Å². The molecule has 0 saturated carbocycles. The summed E-state index contributed by atoms with van der Waals surface area (Å²) >= 11 is 12.1. The molecule has 230 valence electrons. The van der Waals surface area contributed by atoms with Gasteiger partial charge in [-0.1, -0.05) is 84.9 Å². The fraction of sp³-hybridized carbons (Fsp3) is 0.265. The smallest absolute Gasteiger partial charge is 0.413 e. The molecule has 0 heterocycles. The molecule has 0 spiro atoms. The molecule has 0 bridgehead atoms. The van der Waals surface area contributed by atoms with Gasteiger partial charge in [0.25, 0.3) is 0 Å². The lowest BCUT2D eigenvalue weighted by atomic mass is 10.1. The first-order chi connectivity index (χ1) is 21.5. The molecule has 0 aliphatic heterocycles. The van der Waals surface area contributed by atoms with Crippen LogP contribution in [0.4, 0.5) is 10.5 Å². The van der Waals surface area contributed by atoms with Gasteiger partial charge >= 0.3 is 18.0 Å². The Labute approximate surface area is 266 Å². The van der Waals surface area contributed by atoms with Gasteiger partial charge in [0.05, 0.1) is 0 Å². The molecule has 44 heavy (non-hydrogen) atoms. The SMILES string of the molecule is O=C(CC[C@H](NC(=O)Oc1ccc(N(CCCl)CCCl)c2ccccc12)C(=O)OCc1ccccc1)OCc1ccccc1. The normalized spacial score (nSPS) is 11.4. The second-order valence-corrected chi connectivity index (χ2v) is 10.6. The van der Waals surface area contributed by atoms with Crippen LogP contribution in [0.15, 0.2) is 97.1 Å². The lowest BCUT2D eigenvalue weighted by molar-refractivity contribution is -0.148. The summed E-state index contributed by atoms with van der Waals surface area (Å²) < 4.78 is 16.5. The van der Waals surface area contributed by atoms with Crippen LogP contribution in [-0.4, -0.2) is 48.9 Å². The van der Waals surface area contributed by atoms with Crippen molar-refractivity contribution < 1.29 is 28.6 Å². The van der Waals surface area contributed by atoms with Crippen LogP contribution in [0.5, 0.6) is 5.75 Å². The van der Waals surface area contributed by atoms with E-state index < -0.39 is 24.1 Å². The topological polar surface area (TPSA) is 94.2 Å². The Morgan fingerprint density at radius 1 is 0.705 bits per heavy atom. The number of benzene rings is 4. The Morgan fingerprint density at radius 3 is 1.89 bits per heavy atom. The second-order valence-electron chi connectivity index (χ2n) is 9.86. The standard InChI is InChI=1S/C34H34Cl2N2O6/c35-19-21-38(22-20-36)30-16-17-31(28-14-8-7-13-27(28)30)44-34(41)37-29(33(40)43-24-26-11-5-2-6-12-26)15-18-32(39)42-23-25-9-3-1-4-10-25/h1-14,16-17,29H,15,18-24H2,(H,37,41)/t29-/m0/s1. The van der Waals surface area contributed by atoms with E-state index in [9.17, 15) is 14.4 Å². The zero-order chi connectivity index (χ0) is 31.1. The van der Waals surface area contributed by atoms with Crippen LogP contribution in [0, 0.1) is 0 Å². The molecule has 1 atom stereocenters. The van der Waals surface area contributed by atoms with Gasteiger partial charge in [-0.15, -0.1) is 23.2 Å². The summed E-state index contributed by atoms with van der Waals surface area (Å²) in [5.41, 5.74) is 2.53. The number of hydrogen-bond donors (Lipinski definition) is 1. The van der Waals surface area contributed by atoms with Crippen molar-refractivity contribution in [1.82, 2.24) is 5.32 Å². The van der Waals surface area contributed by atoms with Crippen molar-refractivity contribution in [3.8, 4) is 5.75 Å². The van der Waals surface area contributed by atoms with Crippen LogP contribution in [0.3, 0.4) is 0 Å². The maximum atomic E-state index is 13.1. The maximum Gasteiger partial charge on any atom is 0.413 e. The predicted molar refractivity (Wildman–Crippen MR) is 172 cm³/mol. The molecule has 0 aromatic heterocycles. The molecule has 4 aromatic carbocycles. The predicted octanol–water partition coefficient (Wildman–Crippen LogP) is 6.85. The van der Waals surface area contributed by atoms with Gasteiger partial charge in [-0.05, 0) is 29.7 Å². The highest BCUT2D eigenvalue weighted by molar-refractivity contribution is 6.18. The van der Waals surface area contributed by atoms with Crippen LogP contribution >= 0.6 is 23.2 Å². The molecule has 10 heteroatoms. The molecule has 4 rings (SSSR count). The first-order valence-electron chi connectivity index (χ1n) is 14.3. The number of nitrogens with one attached hydrogen (secondary N) is 1. The number of rotatable bonds is 15. The van der Waals surface area contributed by atoms with Crippen LogP contribution in [0.2, 0.25) is 0 Å².